The second-order valence-electron chi connectivity index (χ2n) is 9.53. The van der Waals surface area contributed by atoms with Gasteiger partial charge in [0.2, 0.25) is 0 Å². The maximum atomic E-state index is 15.5. The topological polar surface area (TPSA) is 115 Å². The van der Waals surface area contributed by atoms with Crippen molar-refractivity contribution in [3.05, 3.63) is 53.5 Å². The molecule has 0 radical (unpaired) electrons. The van der Waals surface area contributed by atoms with Crippen LogP contribution in [0.4, 0.5) is 4.39 Å². The van der Waals surface area contributed by atoms with E-state index in [0.717, 1.165) is 22.5 Å². The zero-order valence-electron chi connectivity index (χ0n) is 21.6. The first-order valence-corrected chi connectivity index (χ1v) is 12.4. The molecule has 0 saturated carbocycles. The van der Waals surface area contributed by atoms with Crippen molar-refractivity contribution in [2.24, 2.45) is 20.0 Å². The highest BCUT2D eigenvalue weighted by Crippen LogP contribution is 2.42. The molecule has 0 N–H and O–H groups in total. The number of ether oxygens (including phenoxy) is 2. The molecule has 38 heavy (non-hydrogen) atoms. The van der Waals surface area contributed by atoms with E-state index in [0.29, 0.717) is 48.3 Å². The van der Waals surface area contributed by atoms with Gasteiger partial charge in [-0.2, -0.15) is 5.10 Å². The van der Waals surface area contributed by atoms with Crippen molar-refractivity contribution in [2.45, 2.75) is 25.8 Å². The fraction of sp³-hybridized carbons (Fsp3) is 0.385. The number of nitrogens with zero attached hydrogens (tertiary/aromatic N) is 8. The van der Waals surface area contributed by atoms with E-state index in [4.69, 9.17) is 14.5 Å². The summed E-state index contributed by atoms with van der Waals surface area (Å²) in [6.45, 7) is 2.99. The monoisotopic (exact) mass is 518 g/mol. The van der Waals surface area contributed by atoms with E-state index < -0.39 is 17.8 Å². The van der Waals surface area contributed by atoms with E-state index in [1.54, 1.807) is 34.9 Å². The molecule has 1 atom stereocenters. The van der Waals surface area contributed by atoms with Crippen molar-refractivity contribution in [3.63, 3.8) is 0 Å². The van der Waals surface area contributed by atoms with Crippen molar-refractivity contribution in [1.82, 2.24) is 39.3 Å². The fourth-order valence-corrected chi connectivity index (χ4v) is 5.66. The molecule has 6 heterocycles. The van der Waals surface area contributed by atoms with E-state index in [-0.39, 0.29) is 11.6 Å². The summed E-state index contributed by atoms with van der Waals surface area (Å²) in [6.07, 6.45) is 4.75. The van der Waals surface area contributed by atoms with Crippen LogP contribution in [0.25, 0.3) is 33.3 Å². The standard InChI is InChI=1S/C26H27FN8O3/c1-14-22(34(3)32-30-14)16-12-18-20(29-13-16)24-25(21(26(36)37-4)31-33(24)2)35(18)23(15-7-10-38-11-8-15)19-17(27)6-5-9-28-19/h5-6,9,12-13,15,23H,7-8,10-11H2,1-4H3/t23-/m1/s1. The lowest BCUT2D eigenvalue weighted by Gasteiger charge is -2.32. The van der Waals surface area contributed by atoms with Gasteiger partial charge in [0, 0.05) is 45.3 Å². The Morgan fingerprint density at radius 1 is 1.18 bits per heavy atom. The van der Waals surface area contributed by atoms with Crippen molar-refractivity contribution >= 4 is 28.0 Å². The van der Waals surface area contributed by atoms with Crippen LogP contribution in [0.2, 0.25) is 0 Å². The number of hydrogen-bond donors (Lipinski definition) is 0. The first-order chi connectivity index (χ1) is 18.4. The average Bonchev–Trinajstić information content (AvgIpc) is 3.56. The summed E-state index contributed by atoms with van der Waals surface area (Å²) >= 11 is 0. The highest BCUT2D eigenvalue weighted by atomic mass is 19.1. The number of esters is 1. The number of carbonyl (C=O) groups excluding carboxylic acids is 1. The Balaban J connectivity index is 1.74. The van der Waals surface area contributed by atoms with Crippen LogP contribution in [0.5, 0.6) is 0 Å². The predicted molar refractivity (Wildman–Crippen MR) is 136 cm³/mol. The number of fused-ring (bicyclic) bond motifs is 3. The molecule has 0 spiro atoms. The molecular formula is C26H27FN8O3. The largest absolute Gasteiger partial charge is 0.464 e. The average molecular weight is 519 g/mol. The maximum absolute atomic E-state index is 15.5. The molecule has 5 aromatic rings. The first kappa shape index (κ1) is 24.2. The number of halogens is 1. The van der Waals surface area contributed by atoms with Gasteiger partial charge < -0.3 is 14.0 Å². The lowest BCUT2D eigenvalue weighted by molar-refractivity contribution is 0.0539. The Morgan fingerprint density at radius 3 is 2.66 bits per heavy atom. The molecule has 0 unspecified atom stereocenters. The molecule has 6 rings (SSSR count). The molecule has 5 aromatic heterocycles. The summed E-state index contributed by atoms with van der Waals surface area (Å²) in [7, 11) is 4.90. The van der Waals surface area contributed by atoms with Gasteiger partial charge in [0.1, 0.15) is 22.4 Å². The van der Waals surface area contributed by atoms with Gasteiger partial charge in [-0.05, 0) is 43.9 Å². The number of aromatic nitrogens is 8. The van der Waals surface area contributed by atoms with Crippen LogP contribution in [0, 0.1) is 18.7 Å². The van der Waals surface area contributed by atoms with Crippen LogP contribution < -0.4 is 0 Å². The summed E-state index contributed by atoms with van der Waals surface area (Å²) in [6, 6.07) is 4.43. The molecule has 1 aliphatic rings. The van der Waals surface area contributed by atoms with Crippen molar-refractivity contribution in [3.8, 4) is 11.3 Å². The van der Waals surface area contributed by atoms with Gasteiger partial charge >= 0.3 is 5.97 Å². The third kappa shape index (κ3) is 3.66. The minimum absolute atomic E-state index is 0.0126. The van der Waals surface area contributed by atoms with Gasteiger partial charge in [0.25, 0.3) is 0 Å². The van der Waals surface area contributed by atoms with Crippen LogP contribution in [0.15, 0.2) is 30.6 Å². The zero-order valence-corrected chi connectivity index (χ0v) is 21.6. The summed E-state index contributed by atoms with van der Waals surface area (Å²) in [5.74, 6) is -1.02. The summed E-state index contributed by atoms with van der Waals surface area (Å²) < 4.78 is 31.5. The molecule has 1 saturated heterocycles. The predicted octanol–water partition coefficient (Wildman–Crippen LogP) is 3.36. The summed E-state index contributed by atoms with van der Waals surface area (Å²) in [4.78, 5) is 22.3. The smallest absolute Gasteiger partial charge is 0.360 e. The lowest BCUT2D eigenvalue weighted by Crippen LogP contribution is -2.28. The lowest BCUT2D eigenvalue weighted by atomic mass is 9.88. The van der Waals surface area contributed by atoms with Crippen LogP contribution in [0.1, 0.15) is 40.8 Å². The highest BCUT2D eigenvalue weighted by Gasteiger charge is 2.36. The van der Waals surface area contributed by atoms with Crippen LogP contribution >= 0.6 is 0 Å². The van der Waals surface area contributed by atoms with Gasteiger partial charge in [-0.3, -0.25) is 14.6 Å². The van der Waals surface area contributed by atoms with Gasteiger partial charge in [0.05, 0.1) is 35.8 Å². The summed E-state index contributed by atoms with van der Waals surface area (Å²) in [5.41, 5.74) is 5.33. The molecule has 1 fully saturated rings. The second-order valence-corrected chi connectivity index (χ2v) is 9.53. The molecule has 196 valence electrons. The van der Waals surface area contributed by atoms with Crippen molar-refractivity contribution in [1.29, 1.82) is 0 Å². The van der Waals surface area contributed by atoms with E-state index in [9.17, 15) is 4.79 Å². The van der Waals surface area contributed by atoms with E-state index >= 15 is 4.39 Å². The molecule has 11 nitrogen and oxygen atoms in total. The fourth-order valence-electron chi connectivity index (χ4n) is 5.66. The highest BCUT2D eigenvalue weighted by molar-refractivity contribution is 6.11. The third-order valence-electron chi connectivity index (χ3n) is 7.32. The van der Waals surface area contributed by atoms with E-state index in [1.165, 1.54) is 13.2 Å². The number of methoxy groups -OCH3 is 1. The first-order valence-electron chi connectivity index (χ1n) is 12.4. The van der Waals surface area contributed by atoms with Gasteiger partial charge in [0.15, 0.2) is 5.69 Å². The maximum Gasteiger partial charge on any atom is 0.360 e. The Kier molecular flexibility index (Phi) is 5.90. The normalized spacial score (nSPS) is 15.4. The molecule has 1 aliphatic heterocycles. The zero-order chi connectivity index (χ0) is 26.6. The van der Waals surface area contributed by atoms with Crippen LogP contribution in [-0.4, -0.2) is 65.6 Å². The molecule has 0 aliphatic carbocycles. The minimum Gasteiger partial charge on any atom is -0.464 e. The summed E-state index contributed by atoms with van der Waals surface area (Å²) in [5, 5.41) is 12.8. The minimum atomic E-state index is -0.584. The van der Waals surface area contributed by atoms with Crippen LogP contribution in [-0.2, 0) is 23.6 Å². The number of aryl methyl sites for hydroxylation is 3. The van der Waals surface area contributed by atoms with Crippen molar-refractivity contribution < 1.29 is 18.7 Å². The molecule has 0 bridgehead atoms. The molecule has 0 aromatic carbocycles. The Bertz CT molecular complexity index is 1660. The quantitative estimate of drug-likeness (QED) is 0.325. The van der Waals surface area contributed by atoms with Gasteiger partial charge in [-0.15, -0.1) is 5.10 Å². The van der Waals surface area contributed by atoms with Gasteiger partial charge in [-0.1, -0.05) is 5.21 Å². The number of pyridine rings is 2. The molecule has 12 heteroatoms. The molecular weight excluding hydrogens is 491 g/mol. The second kappa shape index (κ2) is 9.28. The molecule has 0 amide bonds. The number of rotatable bonds is 5. The third-order valence-corrected chi connectivity index (χ3v) is 7.32. The van der Waals surface area contributed by atoms with E-state index in [2.05, 4.69) is 20.4 Å². The van der Waals surface area contributed by atoms with Gasteiger partial charge in [-0.25, -0.2) is 13.9 Å². The Morgan fingerprint density at radius 2 is 1.97 bits per heavy atom. The Hall–Kier alpha value is -4.19. The van der Waals surface area contributed by atoms with E-state index in [1.807, 2.05) is 24.6 Å². The number of hydrogen-bond acceptors (Lipinski definition) is 8. The Labute approximate surface area is 217 Å². The SMILES string of the molecule is COC(=O)c1nn(C)c2c3ncc(-c4c(C)nnn4C)cc3n([C@@H](c3ncccc3F)C3CCOCC3)c12. The van der Waals surface area contributed by atoms with Crippen LogP contribution in [0.3, 0.4) is 0 Å². The van der Waals surface area contributed by atoms with Crippen molar-refractivity contribution in [2.75, 3.05) is 20.3 Å². The number of carbonyl (C=O) groups is 1.